The number of nitrogens with one attached hydrogen (secondary N) is 2. The Labute approximate surface area is 150 Å². The van der Waals surface area contributed by atoms with Crippen LogP contribution in [0.2, 0.25) is 0 Å². The van der Waals surface area contributed by atoms with Crippen molar-refractivity contribution in [3.05, 3.63) is 48.3 Å². The molecule has 0 spiro atoms. The Hall–Kier alpha value is -3.09. The maximum atomic E-state index is 13.3. The van der Waals surface area contributed by atoms with Crippen LogP contribution in [0.4, 0.5) is 15.8 Å². The van der Waals surface area contributed by atoms with Crippen molar-refractivity contribution in [3.63, 3.8) is 0 Å². The van der Waals surface area contributed by atoms with Crippen molar-refractivity contribution in [1.82, 2.24) is 0 Å². The van der Waals surface area contributed by atoms with E-state index in [1.807, 2.05) is 0 Å². The van der Waals surface area contributed by atoms with Crippen molar-refractivity contribution in [2.24, 2.45) is 5.41 Å². The number of rotatable bonds is 6. The van der Waals surface area contributed by atoms with Crippen LogP contribution >= 0.6 is 0 Å². The van der Waals surface area contributed by atoms with Gasteiger partial charge in [0.2, 0.25) is 11.8 Å². The molecule has 1 saturated carbocycles. The topological polar surface area (TPSA) is 76.7 Å². The van der Waals surface area contributed by atoms with Crippen LogP contribution in [0, 0.1) is 11.2 Å². The highest BCUT2D eigenvalue weighted by molar-refractivity contribution is 6.17. The molecule has 2 N–H and O–H groups in total. The number of carbonyl (C=O) groups excluding carboxylic acids is 2. The third-order valence-electron chi connectivity index (χ3n) is 4.36. The number of amides is 2. The van der Waals surface area contributed by atoms with Gasteiger partial charge in [-0.15, -0.1) is 0 Å². The highest BCUT2D eigenvalue weighted by Gasteiger charge is 2.56. The summed E-state index contributed by atoms with van der Waals surface area (Å²) < 4.78 is 23.7. The Morgan fingerprint density at radius 1 is 1.00 bits per heavy atom. The second-order valence-corrected chi connectivity index (χ2v) is 6.07. The first-order chi connectivity index (χ1) is 12.5. The lowest BCUT2D eigenvalue weighted by Gasteiger charge is -2.17. The van der Waals surface area contributed by atoms with Crippen molar-refractivity contribution in [2.75, 3.05) is 24.9 Å². The fourth-order valence-electron chi connectivity index (χ4n) is 2.65. The fourth-order valence-corrected chi connectivity index (χ4v) is 2.65. The maximum Gasteiger partial charge on any atom is 0.240 e. The van der Waals surface area contributed by atoms with Crippen molar-refractivity contribution < 1.29 is 23.5 Å². The van der Waals surface area contributed by atoms with Crippen LogP contribution in [0.1, 0.15) is 12.8 Å². The average Bonchev–Trinajstić information content (AvgIpc) is 3.43. The summed E-state index contributed by atoms with van der Waals surface area (Å²) in [7, 11) is 3.00. The van der Waals surface area contributed by atoms with E-state index in [9.17, 15) is 14.0 Å². The van der Waals surface area contributed by atoms with Gasteiger partial charge >= 0.3 is 0 Å². The van der Waals surface area contributed by atoms with Crippen molar-refractivity contribution in [1.29, 1.82) is 0 Å². The molecule has 2 aromatic carbocycles. The zero-order valence-electron chi connectivity index (χ0n) is 14.5. The Bertz CT molecular complexity index is 849. The molecular formula is C19H19FN2O4. The number of anilines is 2. The van der Waals surface area contributed by atoms with Crippen molar-refractivity contribution in [2.45, 2.75) is 12.8 Å². The molecule has 6 nitrogen and oxygen atoms in total. The summed E-state index contributed by atoms with van der Waals surface area (Å²) in [6, 6.07) is 10.5. The molecule has 0 aromatic heterocycles. The molecule has 136 valence electrons. The minimum absolute atomic E-state index is 0.313. The third-order valence-corrected chi connectivity index (χ3v) is 4.36. The average molecular weight is 358 g/mol. The lowest BCUT2D eigenvalue weighted by atomic mass is 10.0. The predicted molar refractivity (Wildman–Crippen MR) is 94.9 cm³/mol. The summed E-state index contributed by atoms with van der Waals surface area (Å²) >= 11 is 0. The fraction of sp³-hybridized carbons (Fsp3) is 0.263. The molecule has 1 aliphatic rings. The molecule has 7 heteroatoms. The second kappa shape index (κ2) is 7.03. The Balaban J connectivity index is 1.76. The van der Waals surface area contributed by atoms with E-state index in [-0.39, 0.29) is 0 Å². The molecule has 2 amide bonds. The highest BCUT2D eigenvalue weighted by Crippen LogP contribution is 2.48. The van der Waals surface area contributed by atoms with Gasteiger partial charge in [-0.1, -0.05) is 6.07 Å². The lowest BCUT2D eigenvalue weighted by molar-refractivity contribution is -0.131. The summed E-state index contributed by atoms with van der Waals surface area (Å²) in [5, 5.41) is 5.35. The number of halogens is 1. The first-order valence-electron chi connectivity index (χ1n) is 8.09. The monoisotopic (exact) mass is 358 g/mol. The molecular weight excluding hydrogens is 339 g/mol. The van der Waals surface area contributed by atoms with Gasteiger partial charge in [-0.3, -0.25) is 9.59 Å². The molecule has 0 saturated heterocycles. The molecule has 1 aliphatic carbocycles. The first-order valence-corrected chi connectivity index (χ1v) is 8.09. The summed E-state index contributed by atoms with van der Waals surface area (Å²) in [6.45, 7) is 0. The standard InChI is InChI=1S/C19H19FN2O4/c1-25-14-6-7-16(26-2)15(11-14)22-18(24)19(8-9-19)17(23)21-13-5-3-4-12(20)10-13/h3-7,10-11H,8-9H2,1-2H3,(H,21,23)(H,22,24). The first kappa shape index (κ1) is 17.7. The van der Waals surface area contributed by atoms with Crippen LogP contribution in [0.15, 0.2) is 42.5 Å². The predicted octanol–water partition coefficient (Wildman–Crippen LogP) is 3.20. The Morgan fingerprint density at radius 2 is 1.73 bits per heavy atom. The molecule has 0 heterocycles. The zero-order valence-corrected chi connectivity index (χ0v) is 14.5. The van der Waals surface area contributed by atoms with E-state index in [1.165, 1.54) is 32.4 Å². The number of carbonyl (C=O) groups is 2. The Morgan fingerprint density at radius 3 is 2.35 bits per heavy atom. The molecule has 0 atom stereocenters. The third kappa shape index (κ3) is 3.46. The number of ether oxygens (including phenoxy) is 2. The van der Waals surface area contributed by atoms with Crippen LogP contribution in [-0.2, 0) is 9.59 Å². The lowest BCUT2D eigenvalue weighted by Crippen LogP contribution is -2.35. The van der Waals surface area contributed by atoms with E-state index in [4.69, 9.17) is 9.47 Å². The smallest absolute Gasteiger partial charge is 0.240 e. The van der Waals surface area contributed by atoms with Gasteiger partial charge in [0.25, 0.3) is 0 Å². The van der Waals surface area contributed by atoms with Crippen LogP contribution in [0.25, 0.3) is 0 Å². The molecule has 0 aliphatic heterocycles. The number of methoxy groups -OCH3 is 2. The largest absolute Gasteiger partial charge is 0.497 e. The van der Waals surface area contributed by atoms with Crippen molar-refractivity contribution >= 4 is 23.2 Å². The van der Waals surface area contributed by atoms with E-state index in [2.05, 4.69) is 10.6 Å². The molecule has 0 radical (unpaired) electrons. The van der Waals surface area contributed by atoms with E-state index in [1.54, 1.807) is 24.3 Å². The van der Waals surface area contributed by atoms with E-state index < -0.39 is 23.0 Å². The molecule has 3 rings (SSSR count). The van der Waals surface area contributed by atoms with Gasteiger partial charge in [0, 0.05) is 11.8 Å². The molecule has 0 bridgehead atoms. The van der Waals surface area contributed by atoms with Crippen LogP contribution in [0.3, 0.4) is 0 Å². The molecule has 26 heavy (non-hydrogen) atoms. The summed E-state index contributed by atoms with van der Waals surface area (Å²) in [6.07, 6.45) is 0.846. The number of hydrogen-bond acceptors (Lipinski definition) is 4. The summed E-state index contributed by atoms with van der Waals surface area (Å²) in [5.41, 5.74) is -0.435. The molecule has 1 fully saturated rings. The van der Waals surface area contributed by atoms with E-state index in [0.717, 1.165) is 0 Å². The SMILES string of the molecule is COc1ccc(OC)c(NC(=O)C2(C(=O)Nc3cccc(F)c3)CC2)c1. The van der Waals surface area contributed by atoms with Gasteiger partial charge in [-0.2, -0.15) is 0 Å². The quantitative estimate of drug-likeness (QED) is 0.778. The van der Waals surface area contributed by atoms with E-state index in [0.29, 0.717) is 35.7 Å². The normalized spacial score (nSPS) is 14.3. The van der Waals surface area contributed by atoms with Gasteiger partial charge in [-0.25, -0.2) is 4.39 Å². The van der Waals surface area contributed by atoms with Crippen LogP contribution in [-0.4, -0.2) is 26.0 Å². The molecule has 0 unspecified atom stereocenters. The van der Waals surface area contributed by atoms with Crippen LogP contribution in [0.5, 0.6) is 11.5 Å². The van der Waals surface area contributed by atoms with Gasteiger partial charge in [0.15, 0.2) is 0 Å². The van der Waals surface area contributed by atoms with Gasteiger partial charge < -0.3 is 20.1 Å². The summed E-state index contributed by atoms with van der Waals surface area (Å²) in [4.78, 5) is 25.3. The molecule has 2 aromatic rings. The zero-order chi connectivity index (χ0) is 18.7. The number of hydrogen-bond donors (Lipinski definition) is 2. The van der Waals surface area contributed by atoms with Gasteiger partial charge in [-0.05, 0) is 43.2 Å². The Kier molecular flexibility index (Phi) is 4.79. The highest BCUT2D eigenvalue weighted by atomic mass is 19.1. The minimum atomic E-state index is -1.17. The number of benzene rings is 2. The van der Waals surface area contributed by atoms with Gasteiger partial charge in [0.1, 0.15) is 22.7 Å². The van der Waals surface area contributed by atoms with Crippen LogP contribution < -0.4 is 20.1 Å². The minimum Gasteiger partial charge on any atom is -0.497 e. The summed E-state index contributed by atoms with van der Waals surface area (Å²) in [5.74, 6) is -0.339. The van der Waals surface area contributed by atoms with E-state index >= 15 is 0 Å². The van der Waals surface area contributed by atoms with Gasteiger partial charge in [0.05, 0.1) is 19.9 Å². The maximum absolute atomic E-state index is 13.3. The van der Waals surface area contributed by atoms with Crippen molar-refractivity contribution in [3.8, 4) is 11.5 Å². The second-order valence-electron chi connectivity index (χ2n) is 6.07.